The smallest absolute Gasteiger partial charge is 0.0320 e. The SMILES string of the molecule is CC1CCN([C@@H](C)c2cccc(Br)c2)CC1. The summed E-state index contributed by atoms with van der Waals surface area (Å²) in [5.74, 6) is 0.908. The third-order valence-corrected chi connectivity index (χ3v) is 4.19. The highest BCUT2D eigenvalue weighted by Gasteiger charge is 2.21. The molecule has 0 aromatic heterocycles. The fourth-order valence-electron chi connectivity index (χ4n) is 2.39. The van der Waals surface area contributed by atoms with Crippen molar-refractivity contribution in [3.05, 3.63) is 34.3 Å². The topological polar surface area (TPSA) is 3.24 Å². The summed E-state index contributed by atoms with van der Waals surface area (Å²) in [6.45, 7) is 7.17. The number of nitrogens with zero attached hydrogens (tertiary/aromatic N) is 1. The van der Waals surface area contributed by atoms with E-state index in [-0.39, 0.29) is 0 Å². The zero-order chi connectivity index (χ0) is 11.5. The first kappa shape index (κ1) is 12.1. The molecule has 16 heavy (non-hydrogen) atoms. The quantitative estimate of drug-likeness (QED) is 0.784. The number of benzene rings is 1. The summed E-state index contributed by atoms with van der Waals surface area (Å²) in [6, 6.07) is 9.23. The number of hydrogen-bond acceptors (Lipinski definition) is 1. The summed E-state index contributed by atoms with van der Waals surface area (Å²) in [6.07, 6.45) is 2.69. The monoisotopic (exact) mass is 281 g/mol. The van der Waals surface area contributed by atoms with E-state index in [4.69, 9.17) is 0 Å². The number of likely N-dealkylation sites (tertiary alicyclic amines) is 1. The Morgan fingerprint density at radius 3 is 2.62 bits per heavy atom. The van der Waals surface area contributed by atoms with Crippen LogP contribution in [-0.2, 0) is 0 Å². The van der Waals surface area contributed by atoms with Crippen LogP contribution in [0.1, 0.15) is 38.3 Å². The highest BCUT2D eigenvalue weighted by atomic mass is 79.9. The molecule has 0 bridgehead atoms. The van der Waals surface area contributed by atoms with Gasteiger partial charge in [-0.15, -0.1) is 0 Å². The van der Waals surface area contributed by atoms with Crippen molar-refractivity contribution < 1.29 is 0 Å². The van der Waals surface area contributed by atoms with Gasteiger partial charge in [0.15, 0.2) is 0 Å². The first-order valence-electron chi connectivity index (χ1n) is 6.16. The van der Waals surface area contributed by atoms with Crippen molar-refractivity contribution in [3.8, 4) is 0 Å². The van der Waals surface area contributed by atoms with Gasteiger partial charge in [-0.2, -0.15) is 0 Å². The molecule has 0 unspecified atom stereocenters. The van der Waals surface area contributed by atoms with Crippen molar-refractivity contribution >= 4 is 15.9 Å². The molecule has 0 spiro atoms. The van der Waals surface area contributed by atoms with Crippen LogP contribution >= 0.6 is 15.9 Å². The molecular formula is C14H20BrN. The second-order valence-corrected chi connectivity index (χ2v) is 5.87. The van der Waals surface area contributed by atoms with E-state index in [2.05, 4.69) is 58.9 Å². The third-order valence-electron chi connectivity index (χ3n) is 3.70. The van der Waals surface area contributed by atoms with Crippen LogP contribution in [0, 0.1) is 5.92 Å². The molecule has 1 aliphatic rings. The first-order chi connectivity index (χ1) is 7.66. The summed E-state index contributed by atoms with van der Waals surface area (Å²) < 4.78 is 1.18. The van der Waals surface area contributed by atoms with Crippen LogP contribution in [0.4, 0.5) is 0 Å². The van der Waals surface area contributed by atoms with Gasteiger partial charge in [0, 0.05) is 10.5 Å². The molecule has 1 aliphatic heterocycles. The van der Waals surface area contributed by atoms with Crippen LogP contribution in [0.5, 0.6) is 0 Å². The second-order valence-electron chi connectivity index (χ2n) is 4.95. The number of piperidine rings is 1. The van der Waals surface area contributed by atoms with Gasteiger partial charge in [-0.3, -0.25) is 4.90 Å². The lowest BCUT2D eigenvalue weighted by atomic mass is 9.96. The van der Waals surface area contributed by atoms with Crippen molar-refractivity contribution in [1.82, 2.24) is 4.90 Å². The van der Waals surface area contributed by atoms with Crippen LogP contribution in [0.2, 0.25) is 0 Å². The van der Waals surface area contributed by atoms with Crippen LogP contribution in [0.15, 0.2) is 28.7 Å². The molecule has 1 fully saturated rings. The summed E-state index contributed by atoms with van der Waals surface area (Å²) in [5, 5.41) is 0. The molecule has 1 nitrogen and oxygen atoms in total. The predicted octanol–water partition coefficient (Wildman–Crippen LogP) is 4.24. The van der Waals surface area contributed by atoms with Crippen molar-refractivity contribution in [3.63, 3.8) is 0 Å². The Labute approximate surface area is 107 Å². The molecule has 2 rings (SSSR count). The average Bonchev–Trinajstić information content (AvgIpc) is 2.29. The zero-order valence-electron chi connectivity index (χ0n) is 10.1. The molecule has 0 radical (unpaired) electrons. The molecule has 0 saturated carbocycles. The van der Waals surface area contributed by atoms with E-state index >= 15 is 0 Å². The molecule has 1 aromatic rings. The summed E-state index contributed by atoms with van der Waals surface area (Å²) >= 11 is 3.55. The van der Waals surface area contributed by atoms with Gasteiger partial charge < -0.3 is 0 Å². The van der Waals surface area contributed by atoms with Gasteiger partial charge in [0.2, 0.25) is 0 Å². The zero-order valence-corrected chi connectivity index (χ0v) is 11.7. The van der Waals surface area contributed by atoms with Crippen LogP contribution in [-0.4, -0.2) is 18.0 Å². The summed E-state index contributed by atoms with van der Waals surface area (Å²) in [5.41, 5.74) is 1.42. The number of rotatable bonds is 2. The van der Waals surface area contributed by atoms with E-state index in [0.717, 1.165) is 5.92 Å². The second kappa shape index (κ2) is 5.33. The molecule has 88 valence electrons. The maximum atomic E-state index is 3.55. The maximum absolute atomic E-state index is 3.55. The molecule has 0 amide bonds. The molecule has 1 aromatic carbocycles. The van der Waals surface area contributed by atoms with Crippen molar-refractivity contribution in [1.29, 1.82) is 0 Å². The lowest BCUT2D eigenvalue weighted by molar-refractivity contribution is 0.147. The van der Waals surface area contributed by atoms with E-state index in [0.29, 0.717) is 6.04 Å². The minimum absolute atomic E-state index is 0.546. The van der Waals surface area contributed by atoms with E-state index in [1.807, 2.05) is 0 Å². The van der Waals surface area contributed by atoms with E-state index in [1.54, 1.807) is 0 Å². The molecule has 0 N–H and O–H groups in total. The normalized spacial score (nSPS) is 20.9. The third kappa shape index (κ3) is 2.86. The van der Waals surface area contributed by atoms with Crippen molar-refractivity contribution in [2.45, 2.75) is 32.7 Å². The van der Waals surface area contributed by atoms with E-state index in [9.17, 15) is 0 Å². The Balaban J connectivity index is 2.04. The first-order valence-corrected chi connectivity index (χ1v) is 6.95. The van der Waals surface area contributed by atoms with Gasteiger partial charge in [-0.05, 0) is 56.5 Å². The fourth-order valence-corrected chi connectivity index (χ4v) is 2.81. The Kier molecular flexibility index (Phi) is 4.04. The lowest BCUT2D eigenvalue weighted by Crippen LogP contribution is -2.34. The Morgan fingerprint density at radius 1 is 1.31 bits per heavy atom. The fraction of sp³-hybridized carbons (Fsp3) is 0.571. The Morgan fingerprint density at radius 2 is 2.00 bits per heavy atom. The van der Waals surface area contributed by atoms with E-state index in [1.165, 1.54) is 36.0 Å². The predicted molar refractivity (Wildman–Crippen MR) is 72.5 cm³/mol. The van der Waals surface area contributed by atoms with Crippen molar-refractivity contribution in [2.75, 3.05) is 13.1 Å². The van der Waals surface area contributed by atoms with Gasteiger partial charge in [-0.25, -0.2) is 0 Å². The Bertz CT molecular complexity index is 342. The molecule has 1 heterocycles. The van der Waals surface area contributed by atoms with Crippen LogP contribution < -0.4 is 0 Å². The van der Waals surface area contributed by atoms with Gasteiger partial charge in [0.1, 0.15) is 0 Å². The number of halogens is 1. The molecule has 2 heteroatoms. The standard InChI is InChI=1S/C14H20BrN/c1-11-6-8-16(9-7-11)12(2)13-4-3-5-14(15)10-13/h3-5,10-12H,6-9H2,1-2H3/t12-/m0/s1. The highest BCUT2D eigenvalue weighted by molar-refractivity contribution is 9.10. The van der Waals surface area contributed by atoms with Gasteiger partial charge in [0.25, 0.3) is 0 Å². The minimum atomic E-state index is 0.546. The minimum Gasteiger partial charge on any atom is -0.297 e. The number of hydrogen-bond donors (Lipinski definition) is 0. The van der Waals surface area contributed by atoms with E-state index < -0.39 is 0 Å². The molecule has 0 aliphatic carbocycles. The van der Waals surface area contributed by atoms with Gasteiger partial charge >= 0.3 is 0 Å². The Hall–Kier alpha value is -0.340. The summed E-state index contributed by atoms with van der Waals surface area (Å²) in [4.78, 5) is 2.60. The summed E-state index contributed by atoms with van der Waals surface area (Å²) in [7, 11) is 0. The van der Waals surface area contributed by atoms with Crippen molar-refractivity contribution in [2.24, 2.45) is 5.92 Å². The molecular weight excluding hydrogens is 262 g/mol. The molecule has 1 atom stereocenters. The van der Waals surface area contributed by atoms with Gasteiger partial charge in [-0.1, -0.05) is 35.0 Å². The van der Waals surface area contributed by atoms with Crippen LogP contribution in [0.25, 0.3) is 0 Å². The molecule has 1 saturated heterocycles. The lowest BCUT2D eigenvalue weighted by Gasteiger charge is -2.35. The highest BCUT2D eigenvalue weighted by Crippen LogP contribution is 2.27. The maximum Gasteiger partial charge on any atom is 0.0320 e. The largest absolute Gasteiger partial charge is 0.297 e. The van der Waals surface area contributed by atoms with Crippen LogP contribution in [0.3, 0.4) is 0 Å². The average molecular weight is 282 g/mol. The van der Waals surface area contributed by atoms with Gasteiger partial charge in [0.05, 0.1) is 0 Å².